The molecule has 2 rings (SSSR count). The summed E-state index contributed by atoms with van der Waals surface area (Å²) in [6.45, 7) is 5.81. The van der Waals surface area contributed by atoms with Crippen LogP contribution in [0.4, 0.5) is 0 Å². The van der Waals surface area contributed by atoms with E-state index in [2.05, 4.69) is 41.1 Å². The second-order valence-corrected chi connectivity index (χ2v) is 5.96. The Hall–Kier alpha value is -1.39. The van der Waals surface area contributed by atoms with Crippen LogP contribution in [0.2, 0.25) is 0 Å². The standard InChI is InChI=1S/C17H26N2O2/c1-18-11-13-19(14-12-18)10-9-16-7-5-15(6-8-16)3-2-4-17(20)21/h5-8H,2-4,9-14H2,1H3,(H,20,21). The van der Waals surface area contributed by atoms with Crippen molar-refractivity contribution in [1.29, 1.82) is 0 Å². The van der Waals surface area contributed by atoms with Crippen LogP contribution in [0, 0.1) is 0 Å². The van der Waals surface area contributed by atoms with Crippen molar-refractivity contribution < 1.29 is 9.90 Å². The Bertz CT molecular complexity index is 437. The van der Waals surface area contributed by atoms with Crippen molar-refractivity contribution in [3.63, 3.8) is 0 Å². The Kier molecular flexibility index (Phi) is 6.21. The second-order valence-electron chi connectivity index (χ2n) is 5.96. The summed E-state index contributed by atoms with van der Waals surface area (Å²) in [6, 6.07) is 8.65. The summed E-state index contributed by atoms with van der Waals surface area (Å²) in [6.07, 6.45) is 2.92. The van der Waals surface area contributed by atoms with Gasteiger partial charge in [0.05, 0.1) is 0 Å². The molecule has 0 amide bonds. The second kappa shape index (κ2) is 8.15. The number of rotatable bonds is 7. The Morgan fingerprint density at radius 2 is 1.62 bits per heavy atom. The van der Waals surface area contributed by atoms with Gasteiger partial charge in [-0.1, -0.05) is 24.3 Å². The summed E-state index contributed by atoms with van der Waals surface area (Å²) in [5, 5.41) is 8.64. The van der Waals surface area contributed by atoms with E-state index >= 15 is 0 Å². The molecule has 1 N–H and O–H groups in total. The largest absolute Gasteiger partial charge is 0.481 e. The summed E-state index contributed by atoms with van der Waals surface area (Å²) in [5.74, 6) is -0.709. The van der Waals surface area contributed by atoms with E-state index in [1.807, 2.05) is 0 Å². The third-order valence-corrected chi connectivity index (χ3v) is 4.19. The molecule has 1 heterocycles. The molecular formula is C17H26N2O2. The number of nitrogens with zero attached hydrogens (tertiary/aromatic N) is 2. The van der Waals surface area contributed by atoms with Gasteiger partial charge in [0.15, 0.2) is 0 Å². The summed E-state index contributed by atoms with van der Waals surface area (Å²) in [7, 11) is 2.18. The lowest BCUT2D eigenvalue weighted by Crippen LogP contribution is -2.45. The smallest absolute Gasteiger partial charge is 0.303 e. The van der Waals surface area contributed by atoms with Gasteiger partial charge in [0.1, 0.15) is 0 Å². The van der Waals surface area contributed by atoms with E-state index < -0.39 is 5.97 Å². The number of likely N-dealkylation sites (N-methyl/N-ethyl adjacent to an activating group) is 1. The number of carboxylic acid groups (broad SMARTS) is 1. The number of hydrogen-bond acceptors (Lipinski definition) is 3. The Labute approximate surface area is 127 Å². The van der Waals surface area contributed by atoms with Crippen molar-refractivity contribution in [2.75, 3.05) is 39.8 Å². The van der Waals surface area contributed by atoms with Crippen molar-refractivity contribution >= 4 is 5.97 Å². The van der Waals surface area contributed by atoms with E-state index in [-0.39, 0.29) is 6.42 Å². The van der Waals surface area contributed by atoms with Crippen molar-refractivity contribution in [2.45, 2.75) is 25.7 Å². The van der Waals surface area contributed by atoms with Crippen LogP contribution in [-0.4, -0.2) is 60.6 Å². The van der Waals surface area contributed by atoms with E-state index in [0.717, 1.165) is 25.8 Å². The Morgan fingerprint density at radius 3 is 2.19 bits per heavy atom. The third kappa shape index (κ3) is 5.86. The molecule has 0 radical (unpaired) electrons. The highest BCUT2D eigenvalue weighted by atomic mass is 16.4. The SMILES string of the molecule is CN1CCN(CCc2ccc(CCCC(=O)O)cc2)CC1. The third-order valence-electron chi connectivity index (χ3n) is 4.19. The molecule has 1 aromatic rings. The fourth-order valence-electron chi connectivity index (χ4n) is 2.68. The van der Waals surface area contributed by atoms with Crippen molar-refractivity contribution in [2.24, 2.45) is 0 Å². The predicted octanol–water partition coefficient (Wildman–Crippen LogP) is 1.88. The Balaban J connectivity index is 1.70. The maximum absolute atomic E-state index is 10.5. The molecule has 0 aliphatic carbocycles. The summed E-state index contributed by atoms with van der Waals surface area (Å²) in [4.78, 5) is 15.4. The average Bonchev–Trinajstić information content (AvgIpc) is 2.48. The number of carboxylic acids is 1. The average molecular weight is 290 g/mol. The monoisotopic (exact) mass is 290 g/mol. The van der Waals surface area contributed by atoms with Gasteiger partial charge in [-0.05, 0) is 37.4 Å². The molecule has 0 spiro atoms. The first-order valence-electron chi connectivity index (χ1n) is 7.84. The molecule has 116 valence electrons. The maximum atomic E-state index is 10.5. The minimum atomic E-state index is -0.709. The molecule has 1 aliphatic rings. The van der Waals surface area contributed by atoms with E-state index in [1.54, 1.807) is 0 Å². The highest BCUT2D eigenvalue weighted by Gasteiger charge is 2.12. The van der Waals surface area contributed by atoms with Gasteiger partial charge in [0, 0.05) is 39.1 Å². The summed E-state index contributed by atoms with van der Waals surface area (Å²) < 4.78 is 0. The zero-order valence-electron chi connectivity index (χ0n) is 12.9. The number of piperazine rings is 1. The highest BCUT2D eigenvalue weighted by Crippen LogP contribution is 2.10. The normalized spacial score (nSPS) is 17.0. The van der Waals surface area contributed by atoms with Gasteiger partial charge in [0.2, 0.25) is 0 Å². The van der Waals surface area contributed by atoms with Crippen molar-refractivity contribution in [3.05, 3.63) is 35.4 Å². The van der Waals surface area contributed by atoms with Crippen LogP contribution >= 0.6 is 0 Å². The fraction of sp³-hybridized carbons (Fsp3) is 0.588. The molecule has 21 heavy (non-hydrogen) atoms. The van der Waals surface area contributed by atoms with Crippen LogP contribution < -0.4 is 0 Å². The van der Waals surface area contributed by atoms with Crippen LogP contribution in [0.5, 0.6) is 0 Å². The molecule has 1 saturated heterocycles. The van der Waals surface area contributed by atoms with Crippen molar-refractivity contribution in [1.82, 2.24) is 9.80 Å². The van der Waals surface area contributed by atoms with Gasteiger partial charge in [-0.3, -0.25) is 4.79 Å². The molecule has 1 fully saturated rings. The first-order valence-corrected chi connectivity index (χ1v) is 7.84. The lowest BCUT2D eigenvalue weighted by atomic mass is 10.0. The molecule has 0 unspecified atom stereocenters. The molecule has 1 aromatic carbocycles. The molecular weight excluding hydrogens is 264 g/mol. The van der Waals surface area contributed by atoms with E-state index in [1.165, 1.54) is 37.3 Å². The van der Waals surface area contributed by atoms with Crippen LogP contribution in [0.25, 0.3) is 0 Å². The number of aryl methyl sites for hydroxylation is 1. The molecule has 4 nitrogen and oxygen atoms in total. The molecule has 0 atom stereocenters. The topological polar surface area (TPSA) is 43.8 Å². The maximum Gasteiger partial charge on any atom is 0.303 e. The number of benzene rings is 1. The quantitative estimate of drug-likeness (QED) is 0.833. The van der Waals surface area contributed by atoms with Crippen molar-refractivity contribution in [3.8, 4) is 0 Å². The van der Waals surface area contributed by atoms with Gasteiger partial charge >= 0.3 is 5.97 Å². The van der Waals surface area contributed by atoms with E-state index in [9.17, 15) is 4.79 Å². The van der Waals surface area contributed by atoms with Gasteiger partial charge in [-0.25, -0.2) is 0 Å². The number of carbonyl (C=O) groups is 1. The lowest BCUT2D eigenvalue weighted by molar-refractivity contribution is -0.137. The van der Waals surface area contributed by atoms with Crippen LogP contribution in [0.1, 0.15) is 24.0 Å². The zero-order chi connectivity index (χ0) is 15.1. The molecule has 1 aliphatic heterocycles. The minimum Gasteiger partial charge on any atom is -0.481 e. The summed E-state index contributed by atoms with van der Waals surface area (Å²) >= 11 is 0. The van der Waals surface area contributed by atoms with E-state index in [0.29, 0.717) is 0 Å². The first kappa shape index (κ1) is 16.0. The molecule has 0 aromatic heterocycles. The highest BCUT2D eigenvalue weighted by molar-refractivity contribution is 5.66. The summed E-state index contributed by atoms with van der Waals surface area (Å²) in [5.41, 5.74) is 2.61. The van der Waals surface area contributed by atoms with Gasteiger partial charge in [-0.15, -0.1) is 0 Å². The lowest BCUT2D eigenvalue weighted by Gasteiger charge is -2.32. The van der Waals surface area contributed by atoms with Gasteiger partial charge in [-0.2, -0.15) is 0 Å². The van der Waals surface area contributed by atoms with E-state index in [4.69, 9.17) is 5.11 Å². The molecule has 0 bridgehead atoms. The van der Waals surface area contributed by atoms with Crippen LogP contribution in [0.15, 0.2) is 24.3 Å². The van der Waals surface area contributed by atoms with Crippen LogP contribution in [-0.2, 0) is 17.6 Å². The predicted molar refractivity (Wildman–Crippen MR) is 84.7 cm³/mol. The molecule has 0 saturated carbocycles. The molecule has 4 heteroatoms. The van der Waals surface area contributed by atoms with Crippen LogP contribution in [0.3, 0.4) is 0 Å². The van der Waals surface area contributed by atoms with Gasteiger partial charge in [0.25, 0.3) is 0 Å². The fourth-order valence-corrected chi connectivity index (χ4v) is 2.68. The zero-order valence-corrected chi connectivity index (χ0v) is 12.9. The number of aliphatic carboxylic acids is 1. The van der Waals surface area contributed by atoms with Gasteiger partial charge < -0.3 is 14.9 Å². The first-order chi connectivity index (χ1) is 10.1. The Morgan fingerprint density at radius 1 is 1.05 bits per heavy atom. The number of hydrogen-bond donors (Lipinski definition) is 1. The minimum absolute atomic E-state index is 0.255.